The van der Waals surface area contributed by atoms with Gasteiger partial charge in [-0.3, -0.25) is 9.80 Å². The summed E-state index contributed by atoms with van der Waals surface area (Å²) in [5, 5.41) is 0. The standard InChI is InChI=1S/C52H74N2O2/c1-3-7-11-15-29-41-55-51-37-25-24-36-50(51)46-54(44-48-33-21-18-22-34-48)40-28-14-10-6-2-4-8-12-16-30-42-56-52-38-26-23-35-49(52)45-53(39-27-13-9-5-1)43-47-31-19-17-20-32-47/h17-26,31-38H,1-16,27-30,39-46H2. The molecule has 4 heteroatoms. The van der Waals surface area contributed by atoms with Crippen molar-refractivity contribution in [3.8, 4) is 11.5 Å². The van der Waals surface area contributed by atoms with Gasteiger partial charge in [-0.1, -0.05) is 200 Å². The molecule has 1 aliphatic heterocycles. The number of hydrogen-bond acceptors (Lipinski definition) is 4. The number of nitrogens with zero attached hydrogens (tertiary/aromatic N) is 2. The zero-order valence-electron chi connectivity index (χ0n) is 34.9. The summed E-state index contributed by atoms with van der Waals surface area (Å²) in [6.07, 6.45) is 26.1. The van der Waals surface area contributed by atoms with Gasteiger partial charge in [0.1, 0.15) is 11.5 Å². The van der Waals surface area contributed by atoms with Gasteiger partial charge < -0.3 is 9.47 Å². The molecule has 0 unspecified atom stereocenters. The fraction of sp³-hybridized carbons (Fsp3) is 0.538. The van der Waals surface area contributed by atoms with E-state index in [0.717, 1.165) is 76.8 Å². The third-order valence-corrected chi connectivity index (χ3v) is 11.5. The lowest BCUT2D eigenvalue weighted by Gasteiger charge is -2.24. The Bertz CT molecular complexity index is 1430. The quantitative estimate of drug-likeness (QED) is 0.207. The van der Waals surface area contributed by atoms with Gasteiger partial charge in [-0.2, -0.15) is 0 Å². The minimum Gasteiger partial charge on any atom is -0.493 e. The first kappa shape index (κ1) is 43.5. The summed E-state index contributed by atoms with van der Waals surface area (Å²) < 4.78 is 12.9. The molecule has 0 radical (unpaired) electrons. The Morgan fingerprint density at radius 1 is 0.321 bits per heavy atom. The zero-order chi connectivity index (χ0) is 38.6. The van der Waals surface area contributed by atoms with Crippen LogP contribution in [0.15, 0.2) is 109 Å². The molecule has 0 N–H and O–H groups in total. The molecule has 5 rings (SSSR count). The van der Waals surface area contributed by atoms with Gasteiger partial charge in [-0.25, -0.2) is 0 Å². The highest BCUT2D eigenvalue weighted by Crippen LogP contribution is 2.24. The Morgan fingerprint density at radius 3 is 1.00 bits per heavy atom. The van der Waals surface area contributed by atoms with Crippen molar-refractivity contribution >= 4 is 0 Å². The van der Waals surface area contributed by atoms with Crippen LogP contribution in [0, 0.1) is 0 Å². The van der Waals surface area contributed by atoms with Crippen molar-refractivity contribution in [2.24, 2.45) is 0 Å². The molecule has 0 aliphatic carbocycles. The van der Waals surface area contributed by atoms with Crippen molar-refractivity contribution in [3.05, 3.63) is 131 Å². The lowest BCUT2D eigenvalue weighted by atomic mass is 10.1. The van der Waals surface area contributed by atoms with E-state index in [1.165, 1.54) is 138 Å². The first-order chi connectivity index (χ1) is 27.8. The van der Waals surface area contributed by atoms with Crippen molar-refractivity contribution in [2.75, 3.05) is 26.3 Å². The number of rotatable bonds is 4. The van der Waals surface area contributed by atoms with Crippen LogP contribution < -0.4 is 9.47 Å². The number of ether oxygens (including phenoxy) is 2. The Morgan fingerprint density at radius 2 is 0.625 bits per heavy atom. The Balaban J connectivity index is 1.10. The monoisotopic (exact) mass is 759 g/mol. The van der Waals surface area contributed by atoms with Gasteiger partial charge in [0.2, 0.25) is 0 Å². The Hall–Kier alpha value is -3.60. The molecule has 304 valence electrons. The van der Waals surface area contributed by atoms with Gasteiger partial charge in [0.15, 0.2) is 0 Å². The summed E-state index contributed by atoms with van der Waals surface area (Å²) in [6, 6.07) is 39.5. The van der Waals surface area contributed by atoms with E-state index in [-0.39, 0.29) is 0 Å². The van der Waals surface area contributed by atoms with Gasteiger partial charge in [0.05, 0.1) is 13.2 Å². The van der Waals surface area contributed by atoms with E-state index in [4.69, 9.17) is 9.47 Å². The van der Waals surface area contributed by atoms with Crippen LogP contribution in [0.5, 0.6) is 11.5 Å². The maximum Gasteiger partial charge on any atom is 0.123 e. The first-order valence-corrected chi connectivity index (χ1v) is 22.8. The van der Waals surface area contributed by atoms with Crippen LogP contribution in [0.2, 0.25) is 0 Å². The average Bonchev–Trinajstić information content (AvgIpc) is 3.22. The summed E-state index contributed by atoms with van der Waals surface area (Å²) in [5.41, 5.74) is 5.42. The van der Waals surface area contributed by atoms with Crippen molar-refractivity contribution < 1.29 is 9.47 Å². The second-order valence-corrected chi connectivity index (χ2v) is 16.4. The first-order valence-electron chi connectivity index (χ1n) is 22.8. The number of fused-ring (bicyclic) bond motifs is 2. The van der Waals surface area contributed by atoms with Crippen molar-refractivity contribution in [1.29, 1.82) is 0 Å². The lowest BCUT2D eigenvalue weighted by molar-refractivity contribution is 0.240. The SMILES string of the molecule is c1ccc(CN2CCCCCCCCCCCCOc3ccccc3CN(Cc3ccccc3)CCCCCCCCCCCCOc3ccccc3C2)cc1. The third-order valence-electron chi connectivity index (χ3n) is 11.5. The molecule has 4 nitrogen and oxygen atoms in total. The topological polar surface area (TPSA) is 24.9 Å². The second-order valence-electron chi connectivity index (χ2n) is 16.4. The van der Waals surface area contributed by atoms with E-state index in [0.29, 0.717) is 0 Å². The van der Waals surface area contributed by atoms with Crippen molar-refractivity contribution in [2.45, 2.75) is 155 Å². The van der Waals surface area contributed by atoms with Crippen LogP contribution in [-0.4, -0.2) is 36.1 Å². The van der Waals surface area contributed by atoms with Crippen LogP contribution in [0.4, 0.5) is 0 Å². The van der Waals surface area contributed by atoms with Crippen LogP contribution in [0.25, 0.3) is 0 Å². The summed E-state index contributed by atoms with van der Waals surface area (Å²) in [4.78, 5) is 5.26. The van der Waals surface area contributed by atoms with Crippen molar-refractivity contribution in [3.63, 3.8) is 0 Å². The molecule has 4 aromatic rings. The summed E-state index contributed by atoms with van der Waals surface area (Å²) in [5.74, 6) is 2.14. The smallest absolute Gasteiger partial charge is 0.123 e. The van der Waals surface area contributed by atoms with Crippen LogP contribution >= 0.6 is 0 Å². The van der Waals surface area contributed by atoms with E-state index in [1.807, 2.05) is 0 Å². The summed E-state index contributed by atoms with van der Waals surface area (Å²) in [6.45, 7) is 7.73. The largest absolute Gasteiger partial charge is 0.493 e. The Labute approximate surface area is 342 Å². The molecule has 4 aromatic carbocycles. The molecule has 56 heavy (non-hydrogen) atoms. The van der Waals surface area contributed by atoms with E-state index in [1.54, 1.807) is 0 Å². The number of para-hydroxylation sites is 2. The molecule has 1 aliphatic rings. The molecular weight excluding hydrogens is 685 g/mol. The highest BCUT2D eigenvalue weighted by Gasteiger charge is 2.13. The molecule has 0 spiro atoms. The number of hydrogen-bond donors (Lipinski definition) is 0. The fourth-order valence-corrected chi connectivity index (χ4v) is 8.21. The normalized spacial score (nSPS) is 18.6. The van der Waals surface area contributed by atoms with E-state index >= 15 is 0 Å². The predicted octanol–water partition coefficient (Wildman–Crippen LogP) is 14.0. The second kappa shape index (κ2) is 27.9. The molecule has 0 atom stereocenters. The van der Waals surface area contributed by atoms with Crippen LogP contribution in [0.1, 0.15) is 151 Å². The Kier molecular flexibility index (Phi) is 21.7. The average molecular weight is 759 g/mol. The third kappa shape index (κ3) is 18.1. The molecule has 0 saturated heterocycles. The predicted molar refractivity (Wildman–Crippen MR) is 237 cm³/mol. The highest BCUT2D eigenvalue weighted by atomic mass is 16.5. The molecule has 0 amide bonds. The van der Waals surface area contributed by atoms with Gasteiger partial charge >= 0.3 is 0 Å². The summed E-state index contributed by atoms with van der Waals surface area (Å²) >= 11 is 0. The fourth-order valence-electron chi connectivity index (χ4n) is 8.21. The maximum absolute atomic E-state index is 6.43. The van der Waals surface area contributed by atoms with Gasteiger partial charge in [-0.05, 0) is 62.0 Å². The minimum absolute atomic E-state index is 0.815. The van der Waals surface area contributed by atoms with E-state index in [9.17, 15) is 0 Å². The van der Waals surface area contributed by atoms with Gasteiger partial charge in [0, 0.05) is 37.3 Å². The molecule has 0 aromatic heterocycles. The lowest BCUT2D eigenvalue weighted by Crippen LogP contribution is -2.24. The zero-order valence-corrected chi connectivity index (χ0v) is 34.9. The molecule has 0 saturated carbocycles. The number of benzene rings is 4. The highest BCUT2D eigenvalue weighted by molar-refractivity contribution is 5.34. The minimum atomic E-state index is 0.815. The van der Waals surface area contributed by atoms with Crippen LogP contribution in [-0.2, 0) is 26.2 Å². The molecule has 1 heterocycles. The summed E-state index contributed by atoms with van der Waals surface area (Å²) in [7, 11) is 0. The van der Waals surface area contributed by atoms with E-state index < -0.39 is 0 Å². The van der Waals surface area contributed by atoms with E-state index in [2.05, 4.69) is 119 Å². The van der Waals surface area contributed by atoms with Gasteiger partial charge in [0.25, 0.3) is 0 Å². The van der Waals surface area contributed by atoms with Crippen LogP contribution in [0.3, 0.4) is 0 Å². The van der Waals surface area contributed by atoms with Crippen molar-refractivity contribution in [1.82, 2.24) is 9.80 Å². The molecule has 0 bridgehead atoms. The molecule has 0 fully saturated rings. The molecular formula is C52H74N2O2. The van der Waals surface area contributed by atoms with Gasteiger partial charge in [-0.15, -0.1) is 0 Å². The maximum atomic E-state index is 6.43.